The molecule has 2 aromatic rings. The molecule has 0 radical (unpaired) electrons. The Hall–Kier alpha value is -2.78. The largest absolute Gasteiger partial charge is 0.457 e. The molecule has 0 N–H and O–H groups in total. The molecule has 0 fully saturated rings. The summed E-state index contributed by atoms with van der Waals surface area (Å²) in [6.45, 7) is 0.233. The summed E-state index contributed by atoms with van der Waals surface area (Å²) < 4.78 is 16.1. The van der Waals surface area contributed by atoms with E-state index in [1.165, 1.54) is 6.08 Å². The van der Waals surface area contributed by atoms with E-state index in [0.717, 1.165) is 0 Å². The normalized spacial score (nSPS) is 11.8. The Morgan fingerprint density at radius 2 is 1.74 bits per heavy atom. The summed E-state index contributed by atoms with van der Waals surface area (Å²) in [5, 5.41) is 0. The number of benzene rings is 2. The lowest BCUT2D eigenvalue weighted by molar-refractivity contribution is 0.174. The predicted molar refractivity (Wildman–Crippen MR) is 66.9 cm³/mol. The number of fused-ring (bicyclic) bond motifs is 1. The van der Waals surface area contributed by atoms with Gasteiger partial charge in [0.1, 0.15) is 11.5 Å². The fraction of sp³-hybridized carbons (Fsp3) is 0.0714. The Labute approximate surface area is 109 Å². The van der Waals surface area contributed by atoms with E-state index in [0.29, 0.717) is 28.7 Å². The van der Waals surface area contributed by atoms with Crippen LogP contribution in [0.25, 0.3) is 0 Å². The minimum absolute atomic E-state index is 0.233. The first kappa shape index (κ1) is 11.3. The highest BCUT2D eigenvalue weighted by Gasteiger charge is 2.13. The number of nitrogens with zero attached hydrogens (tertiary/aromatic N) is 1. The minimum Gasteiger partial charge on any atom is -0.457 e. The lowest BCUT2D eigenvalue weighted by Gasteiger charge is -2.06. The van der Waals surface area contributed by atoms with Gasteiger partial charge in [-0.1, -0.05) is 0 Å². The molecule has 0 saturated heterocycles. The second-order valence-corrected chi connectivity index (χ2v) is 3.81. The Kier molecular flexibility index (Phi) is 2.88. The van der Waals surface area contributed by atoms with E-state index < -0.39 is 0 Å². The van der Waals surface area contributed by atoms with Crippen molar-refractivity contribution < 1.29 is 19.0 Å². The molecule has 1 heterocycles. The highest BCUT2D eigenvalue weighted by atomic mass is 16.7. The van der Waals surface area contributed by atoms with Gasteiger partial charge < -0.3 is 14.2 Å². The Balaban J connectivity index is 1.79. The molecule has 0 aliphatic carbocycles. The highest BCUT2D eigenvalue weighted by molar-refractivity contribution is 5.51. The second kappa shape index (κ2) is 4.84. The predicted octanol–water partition coefficient (Wildman–Crippen LogP) is 3.17. The van der Waals surface area contributed by atoms with Crippen molar-refractivity contribution in [2.75, 3.05) is 6.79 Å². The molecule has 5 heteroatoms. The first-order valence-electron chi connectivity index (χ1n) is 5.60. The molecule has 1 aliphatic rings. The molecule has 0 atom stereocenters. The Morgan fingerprint density at radius 1 is 1.00 bits per heavy atom. The molecule has 0 unspecified atom stereocenters. The van der Waals surface area contributed by atoms with Gasteiger partial charge in [0.2, 0.25) is 12.9 Å². The molecule has 94 valence electrons. The van der Waals surface area contributed by atoms with Crippen LogP contribution in [-0.2, 0) is 4.79 Å². The maximum Gasteiger partial charge on any atom is 0.240 e. The number of carbonyl (C=O) groups excluding carboxylic acids is 1. The molecule has 1 aliphatic heterocycles. The molecule has 0 bridgehead atoms. The van der Waals surface area contributed by atoms with Crippen LogP contribution in [-0.4, -0.2) is 12.9 Å². The zero-order valence-corrected chi connectivity index (χ0v) is 9.83. The number of hydrogen-bond donors (Lipinski definition) is 0. The Bertz CT molecular complexity index is 645. The highest BCUT2D eigenvalue weighted by Crippen LogP contribution is 2.36. The van der Waals surface area contributed by atoms with Crippen LogP contribution >= 0.6 is 0 Å². The Morgan fingerprint density at radius 3 is 2.53 bits per heavy atom. The van der Waals surface area contributed by atoms with Crippen LogP contribution in [0.15, 0.2) is 47.5 Å². The zero-order chi connectivity index (χ0) is 13.1. The minimum atomic E-state index is 0.233. The molecule has 5 nitrogen and oxygen atoms in total. The van der Waals surface area contributed by atoms with Gasteiger partial charge in [0.15, 0.2) is 11.5 Å². The van der Waals surface area contributed by atoms with Crippen LogP contribution in [0.1, 0.15) is 0 Å². The topological polar surface area (TPSA) is 57.1 Å². The standard InChI is InChI=1S/C14H9NO4/c16-8-15-10-1-3-11(4-2-10)19-12-5-6-13-14(7-12)18-9-17-13/h1-7H,9H2. The van der Waals surface area contributed by atoms with Crippen LogP contribution in [0.4, 0.5) is 5.69 Å². The van der Waals surface area contributed by atoms with Gasteiger partial charge in [0, 0.05) is 6.07 Å². The van der Waals surface area contributed by atoms with Crippen LogP contribution in [0.5, 0.6) is 23.0 Å². The SMILES string of the molecule is O=C=Nc1ccc(Oc2ccc3c(c2)OCO3)cc1. The van der Waals surface area contributed by atoms with Crippen molar-refractivity contribution in [3.63, 3.8) is 0 Å². The fourth-order valence-corrected chi connectivity index (χ4v) is 1.72. The van der Waals surface area contributed by atoms with E-state index in [1.807, 2.05) is 0 Å². The van der Waals surface area contributed by atoms with E-state index in [2.05, 4.69) is 4.99 Å². The van der Waals surface area contributed by atoms with Crippen molar-refractivity contribution in [2.45, 2.75) is 0 Å². The molecule has 19 heavy (non-hydrogen) atoms. The van der Waals surface area contributed by atoms with E-state index in [4.69, 9.17) is 14.2 Å². The number of ether oxygens (including phenoxy) is 3. The summed E-state index contributed by atoms with van der Waals surface area (Å²) in [6.07, 6.45) is 1.49. The van der Waals surface area contributed by atoms with Gasteiger partial charge in [0.25, 0.3) is 0 Å². The van der Waals surface area contributed by atoms with Crippen LogP contribution < -0.4 is 14.2 Å². The molecular formula is C14H9NO4. The van der Waals surface area contributed by atoms with E-state index in [-0.39, 0.29) is 6.79 Å². The van der Waals surface area contributed by atoms with Gasteiger partial charge >= 0.3 is 0 Å². The monoisotopic (exact) mass is 255 g/mol. The summed E-state index contributed by atoms with van der Waals surface area (Å²) in [7, 11) is 0. The molecule has 0 saturated carbocycles. The second-order valence-electron chi connectivity index (χ2n) is 3.81. The van der Waals surface area contributed by atoms with Crippen molar-refractivity contribution >= 4 is 11.8 Å². The van der Waals surface area contributed by atoms with Crippen LogP contribution in [0, 0.1) is 0 Å². The van der Waals surface area contributed by atoms with E-state index in [9.17, 15) is 4.79 Å². The summed E-state index contributed by atoms with van der Waals surface area (Å²) in [4.78, 5) is 13.6. The van der Waals surface area contributed by atoms with Gasteiger partial charge in [-0.15, -0.1) is 0 Å². The summed E-state index contributed by atoms with van der Waals surface area (Å²) >= 11 is 0. The van der Waals surface area contributed by atoms with E-state index >= 15 is 0 Å². The van der Waals surface area contributed by atoms with Crippen LogP contribution in [0.2, 0.25) is 0 Å². The maximum atomic E-state index is 10.1. The number of rotatable bonds is 3. The van der Waals surface area contributed by atoms with Crippen molar-refractivity contribution in [3.05, 3.63) is 42.5 Å². The average molecular weight is 255 g/mol. The van der Waals surface area contributed by atoms with Gasteiger partial charge in [0.05, 0.1) is 5.69 Å². The quantitative estimate of drug-likeness (QED) is 0.624. The van der Waals surface area contributed by atoms with Gasteiger partial charge in [-0.3, -0.25) is 0 Å². The van der Waals surface area contributed by atoms with Crippen LogP contribution in [0.3, 0.4) is 0 Å². The molecular weight excluding hydrogens is 246 g/mol. The fourth-order valence-electron chi connectivity index (χ4n) is 1.72. The summed E-state index contributed by atoms with van der Waals surface area (Å²) in [6, 6.07) is 12.1. The van der Waals surface area contributed by atoms with Crippen molar-refractivity contribution in [2.24, 2.45) is 4.99 Å². The molecule has 0 amide bonds. The number of hydrogen-bond acceptors (Lipinski definition) is 5. The lowest BCUT2D eigenvalue weighted by Crippen LogP contribution is -1.92. The molecule has 3 rings (SSSR count). The molecule has 0 spiro atoms. The summed E-state index contributed by atoms with van der Waals surface area (Å²) in [5.74, 6) is 2.67. The number of aliphatic imine (C=N–C) groups is 1. The third-order valence-electron chi connectivity index (χ3n) is 2.59. The maximum absolute atomic E-state index is 10.1. The van der Waals surface area contributed by atoms with Gasteiger partial charge in [-0.2, -0.15) is 4.99 Å². The smallest absolute Gasteiger partial charge is 0.240 e. The zero-order valence-electron chi connectivity index (χ0n) is 9.83. The first-order chi connectivity index (χ1) is 9.35. The van der Waals surface area contributed by atoms with Gasteiger partial charge in [-0.05, 0) is 36.4 Å². The average Bonchev–Trinajstić information content (AvgIpc) is 2.89. The number of isocyanates is 1. The van der Waals surface area contributed by atoms with Crippen molar-refractivity contribution in [1.82, 2.24) is 0 Å². The first-order valence-corrected chi connectivity index (χ1v) is 5.60. The summed E-state index contributed by atoms with van der Waals surface area (Å²) in [5.41, 5.74) is 0.535. The molecule has 0 aromatic heterocycles. The van der Waals surface area contributed by atoms with Crippen molar-refractivity contribution in [1.29, 1.82) is 0 Å². The lowest BCUT2D eigenvalue weighted by atomic mass is 10.3. The third-order valence-corrected chi connectivity index (χ3v) is 2.59. The van der Waals surface area contributed by atoms with Crippen molar-refractivity contribution in [3.8, 4) is 23.0 Å². The molecule has 2 aromatic carbocycles. The van der Waals surface area contributed by atoms with Gasteiger partial charge in [-0.25, -0.2) is 4.79 Å². The third kappa shape index (κ3) is 2.41. The van der Waals surface area contributed by atoms with E-state index in [1.54, 1.807) is 42.5 Å².